The highest BCUT2D eigenvalue weighted by molar-refractivity contribution is 5.35. The Hall–Kier alpha value is -2.11. The largest absolute Gasteiger partial charge is 0.494 e. The third-order valence-corrected chi connectivity index (χ3v) is 2.73. The van der Waals surface area contributed by atoms with Crippen LogP contribution in [0.1, 0.15) is 30.0 Å². The van der Waals surface area contributed by atoms with Crippen molar-refractivity contribution in [1.29, 1.82) is 0 Å². The summed E-state index contributed by atoms with van der Waals surface area (Å²) in [7, 11) is 1.58. The topological polar surface area (TPSA) is 73.1 Å². The minimum atomic E-state index is 0.0321. The van der Waals surface area contributed by atoms with Gasteiger partial charge in [-0.1, -0.05) is 5.16 Å². The highest BCUT2D eigenvalue weighted by Gasteiger charge is 2.16. The SMILES string of the molecule is COc1cnc(NC(C)c2c(C)noc2C)nc1. The fourth-order valence-electron chi connectivity index (χ4n) is 1.87. The Balaban J connectivity index is 2.13. The van der Waals surface area contributed by atoms with Crippen molar-refractivity contribution in [3.63, 3.8) is 0 Å². The molecule has 2 aromatic rings. The molecule has 2 heterocycles. The Labute approximate surface area is 105 Å². The summed E-state index contributed by atoms with van der Waals surface area (Å²) in [6, 6.07) is 0.0321. The average molecular weight is 248 g/mol. The van der Waals surface area contributed by atoms with E-state index >= 15 is 0 Å². The summed E-state index contributed by atoms with van der Waals surface area (Å²) < 4.78 is 10.1. The number of rotatable bonds is 4. The third-order valence-electron chi connectivity index (χ3n) is 2.73. The van der Waals surface area contributed by atoms with Crippen LogP contribution in [0.2, 0.25) is 0 Å². The summed E-state index contributed by atoms with van der Waals surface area (Å²) in [5, 5.41) is 7.13. The van der Waals surface area contributed by atoms with Crippen LogP contribution < -0.4 is 10.1 Å². The fourth-order valence-corrected chi connectivity index (χ4v) is 1.87. The lowest BCUT2D eigenvalue weighted by atomic mass is 10.1. The number of anilines is 1. The van der Waals surface area contributed by atoms with Gasteiger partial charge in [0.05, 0.1) is 31.2 Å². The van der Waals surface area contributed by atoms with E-state index in [0.29, 0.717) is 11.7 Å². The van der Waals surface area contributed by atoms with Crippen molar-refractivity contribution < 1.29 is 9.26 Å². The van der Waals surface area contributed by atoms with Crippen molar-refractivity contribution in [2.24, 2.45) is 0 Å². The molecule has 0 aliphatic heterocycles. The van der Waals surface area contributed by atoms with Gasteiger partial charge >= 0.3 is 0 Å². The second-order valence-corrected chi connectivity index (χ2v) is 4.05. The van der Waals surface area contributed by atoms with Crippen LogP contribution in [0.5, 0.6) is 5.75 Å². The Morgan fingerprint density at radius 3 is 2.44 bits per heavy atom. The maximum Gasteiger partial charge on any atom is 0.223 e. The summed E-state index contributed by atoms with van der Waals surface area (Å²) in [6.07, 6.45) is 3.24. The lowest BCUT2D eigenvalue weighted by Crippen LogP contribution is -2.10. The van der Waals surface area contributed by atoms with Crippen molar-refractivity contribution in [2.75, 3.05) is 12.4 Å². The zero-order valence-electron chi connectivity index (χ0n) is 10.9. The number of methoxy groups -OCH3 is 1. The molecule has 2 rings (SSSR count). The van der Waals surface area contributed by atoms with Gasteiger partial charge in [0.25, 0.3) is 0 Å². The van der Waals surface area contributed by atoms with Crippen molar-refractivity contribution in [3.8, 4) is 5.75 Å². The van der Waals surface area contributed by atoms with Gasteiger partial charge in [-0.15, -0.1) is 0 Å². The van der Waals surface area contributed by atoms with Crippen LogP contribution in [0.15, 0.2) is 16.9 Å². The molecule has 96 valence electrons. The van der Waals surface area contributed by atoms with Gasteiger partial charge in [-0.2, -0.15) is 0 Å². The smallest absolute Gasteiger partial charge is 0.223 e. The highest BCUT2D eigenvalue weighted by Crippen LogP contribution is 2.23. The predicted octanol–water partition coefficient (Wildman–Crippen LogP) is 2.26. The second-order valence-electron chi connectivity index (χ2n) is 4.05. The van der Waals surface area contributed by atoms with Crippen molar-refractivity contribution in [1.82, 2.24) is 15.1 Å². The Bertz CT molecular complexity index is 502. The molecule has 0 saturated carbocycles. The van der Waals surface area contributed by atoms with Crippen LogP contribution in [0.4, 0.5) is 5.95 Å². The number of hydrogen-bond acceptors (Lipinski definition) is 6. The number of aryl methyl sites for hydroxylation is 2. The van der Waals surface area contributed by atoms with E-state index in [-0.39, 0.29) is 6.04 Å². The first-order valence-corrected chi connectivity index (χ1v) is 5.67. The summed E-state index contributed by atoms with van der Waals surface area (Å²) in [4.78, 5) is 8.32. The summed E-state index contributed by atoms with van der Waals surface area (Å²) in [5.41, 5.74) is 1.91. The van der Waals surface area contributed by atoms with E-state index in [1.807, 2.05) is 20.8 Å². The Kier molecular flexibility index (Phi) is 3.45. The van der Waals surface area contributed by atoms with Crippen LogP contribution in [-0.2, 0) is 0 Å². The first-order valence-electron chi connectivity index (χ1n) is 5.67. The van der Waals surface area contributed by atoms with Gasteiger partial charge in [0, 0.05) is 5.56 Å². The molecule has 0 aliphatic rings. The summed E-state index contributed by atoms with van der Waals surface area (Å²) in [5.74, 6) is 1.98. The summed E-state index contributed by atoms with van der Waals surface area (Å²) in [6.45, 7) is 5.82. The first-order chi connectivity index (χ1) is 8.61. The van der Waals surface area contributed by atoms with Crippen LogP contribution in [0.25, 0.3) is 0 Å². The van der Waals surface area contributed by atoms with Gasteiger partial charge in [-0.3, -0.25) is 0 Å². The molecule has 0 fully saturated rings. The minimum absolute atomic E-state index is 0.0321. The molecule has 0 amide bonds. The van der Waals surface area contributed by atoms with Gasteiger partial charge in [0.15, 0.2) is 5.75 Å². The molecular formula is C12H16N4O2. The monoisotopic (exact) mass is 248 g/mol. The van der Waals surface area contributed by atoms with E-state index in [1.165, 1.54) is 0 Å². The van der Waals surface area contributed by atoms with Gasteiger partial charge in [0.2, 0.25) is 5.95 Å². The molecule has 0 bridgehead atoms. The van der Waals surface area contributed by atoms with E-state index in [9.17, 15) is 0 Å². The second kappa shape index (κ2) is 5.03. The normalized spacial score (nSPS) is 12.2. The van der Waals surface area contributed by atoms with Crippen molar-refractivity contribution in [2.45, 2.75) is 26.8 Å². The van der Waals surface area contributed by atoms with Crippen LogP contribution >= 0.6 is 0 Å². The van der Waals surface area contributed by atoms with Crippen LogP contribution in [0.3, 0.4) is 0 Å². The molecule has 6 heteroatoms. The Morgan fingerprint density at radius 2 is 1.94 bits per heavy atom. The number of hydrogen-bond donors (Lipinski definition) is 1. The van der Waals surface area contributed by atoms with Crippen molar-refractivity contribution >= 4 is 5.95 Å². The standard InChI is InChI=1S/C12H16N4O2/c1-7(11-8(2)16-18-9(11)3)15-12-13-5-10(17-4)6-14-12/h5-7H,1-4H3,(H,13,14,15). The number of ether oxygens (including phenoxy) is 1. The van der Waals surface area contributed by atoms with E-state index in [2.05, 4.69) is 20.4 Å². The molecule has 0 aromatic carbocycles. The first kappa shape index (κ1) is 12.3. The molecule has 0 radical (unpaired) electrons. The molecule has 0 saturated heterocycles. The van der Waals surface area contributed by atoms with Gasteiger partial charge < -0.3 is 14.6 Å². The minimum Gasteiger partial charge on any atom is -0.494 e. The van der Waals surface area contributed by atoms with Crippen molar-refractivity contribution in [3.05, 3.63) is 29.4 Å². The number of nitrogens with zero attached hydrogens (tertiary/aromatic N) is 3. The zero-order valence-corrected chi connectivity index (χ0v) is 10.9. The zero-order chi connectivity index (χ0) is 13.1. The van der Waals surface area contributed by atoms with Gasteiger partial charge in [-0.25, -0.2) is 9.97 Å². The maximum absolute atomic E-state index is 5.14. The molecule has 0 spiro atoms. The molecule has 0 aliphatic carbocycles. The molecule has 1 unspecified atom stereocenters. The van der Waals surface area contributed by atoms with Crippen LogP contribution in [0, 0.1) is 13.8 Å². The highest BCUT2D eigenvalue weighted by atomic mass is 16.5. The van der Waals surface area contributed by atoms with Gasteiger partial charge in [-0.05, 0) is 20.8 Å². The third kappa shape index (κ3) is 2.42. The quantitative estimate of drug-likeness (QED) is 0.894. The molecule has 2 aromatic heterocycles. The maximum atomic E-state index is 5.14. The molecule has 1 N–H and O–H groups in total. The molecule has 6 nitrogen and oxygen atoms in total. The lowest BCUT2D eigenvalue weighted by Gasteiger charge is -2.13. The Morgan fingerprint density at radius 1 is 1.28 bits per heavy atom. The molecule has 1 atom stereocenters. The van der Waals surface area contributed by atoms with E-state index in [4.69, 9.17) is 9.26 Å². The average Bonchev–Trinajstić information content (AvgIpc) is 2.70. The number of aromatic nitrogens is 3. The van der Waals surface area contributed by atoms with E-state index < -0.39 is 0 Å². The fraction of sp³-hybridized carbons (Fsp3) is 0.417. The summed E-state index contributed by atoms with van der Waals surface area (Å²) >= 11 is 0. The van der Waals surface area contributed by atoms with Gasteiger partial charge in [0.1, 0.15) is 5.76 Å². The predicted molar refractivity (Wildman–Crippen MR) is 66.6 cm³/mol. The molecular weight excluding hydrogens is 232 g/mol. The molecule has 18 heavy (non-hydrogen) atoms. The van der Waals surface area contributed by atoms with E-state index in [1.54, 1.807) is 19.5 Å². The lowest BCUT2D eigenvalue weighted by molar-refractivity contribution is 0.392. The number of nitrogens with one attached hydrogen (secondary N) is 1. The van der Waals surface area contributed by atoms with E-state index in [0.717, 1.165) is 17.0 Å². The van der Waals surface area contributed by atoms with Crippen LogP contribution in [-0.4, -0.2) is 22.2 Å².